The quantitative estimate of drug-likeness (QED) is 0.399. The number of nitrogens with one attached hydrogen (secondary N) is 1. The zero-order valence-corrected chi connectivity index (χ0v) is 16.5. The van der Waals surface area contributed by atoms with Gasteiger partial charge in [0.1, 0.15) is 0 Å². The van der Waals surface area contributed by atoms with E-state index in [-0.39, 0.29) is 21.2 Å². The van der Waals surface area contributed by atoms with Crippen molar-refractivity contribution in [3.63, 3.8) is 0 Å². The summed E-state index contributed by atoms with van der Waals surface area (Å²) in [5, 5.41) is 10.3. The third kappa shape index (κ3) is 4.22. The van der Waals surface area contributed by atoms with Gasteiger partial charge in [0.2, 0.25) is 0 Å². The van der Waals surface area contributed by atoms with E-state index in [1.807, 2.05) is 0 Å². The molecule has 0 saturated heterocycles. The monoisotopic (exact) mass is 444 g/mol. The number of carboxylic acid groups (broad SMARTS) is 1. The van der Waals surface area contributed by atoms with Crippen LogP contribution in [0.1, 0.15) is 34.3 Å². The highest BCUT2D eigenvalue weighted by Gasteiger charge is 2.32. The number of aromatic carboxylic acids is 1. The van der Waals surface area contributed by atoms with Crippen molar-refractivity contribution in [3.05, 3.63) is 57.1 Å². The summed E-state index contributed by atoms with van der Waals surface area (Å²) in [6.07, 6.45) is -2.85. The van der Waals surface area contributed by atoms with Gasteiger partial charge in [-0.3, -0.25) is 0 Å². The Morgan fingerprint density at radius 1 is 1.10 bits per heavy atom. The van der Waals surface area contributed by atoms with Crippen molar-refractivity contribution in [1.29, 1.82) is 0 Å². The summed E-state index contributed by atoms with van der Waals surface area (Å²) < 4.78 is 39.7. The van der Waals surface area contributed by atoms with Gasteiger partial charge in [-0.1, -0.05) is 23.2 Å². The molecule has 4 nitrogen and oxygen atoms in total. The lowest BCUT2D eigenvalue weighted by Gasteiger charge is -2.12. The van der Waals surface area contributed by atoms with E-state index >= 15 is 0 Å². The molecule has 0 amide bonds. The molecule has 0 radical (unpaired) electrons. The molecule has 3 rings (SSSR count). The Kier molecular flexibility index (Phi) is 6.12. The van der Waals surface area contributed by atoms with Crippen molar-refractivity contribution in [2.24, 2.45) is 5.73 Å². The highest BCUT2D eigenvalue weighted by atomic mass is 35.5. The average molecular weight is 445 g/mol. The zero-order valence-electron chi connectivity index (χ0n) is 15.0. The molecule has 3 aromatic rings. The van der Waals surface area contributed by atoms with E-state index in [4.69, 9.17) is 28.9 Å². The molecule has 0 aliphatic carbocycles. The number of carboxylic acids is 1. The van der Waals surface area contributed by atoms with Gasteiger partial charge in [0.25, 0.3) is 0 Å². The summed E-state index contributed by atoms with van der Waals surface area (Å²) in [5.74, 6) is -1.16. The normalized spacial score (nSPS) is 11.9. The van der Waals surface area contributed by atoms with E-state index in [0.717, 1.165) is 12.1 Å². The number of hydrogen-bond acceptors (Lipinski definition) is 2. The van der Waals surface area contributed by atoms with Crippen LogP contribution in [-0.2, 0) is 12.6 Å². The number of fused-ring (bicyclic) bond motifs is 1. The second kappa shape index (κ2) is 8.26. The van der Waals surface area contributed by atoms with Crippen LogP contribution in [0.3, 0.4) is 0 Å². The molecule has 0 saturated carbocycles. The predicted octanol–water partition coefficient (Wildman–Crippen LogP) is 6.14. The lowest BCUT2D eigenvalue weighted by molar-refractivity contribution is -0.137. The first kappa shape index (κ1) is 21.5. The van der Waals surface area contributed by atoms with Gasteiger partial charge in [0.05, 0.1) is 27.4 Å². The Labute approximate surface area is 174 Å². The minimum absolute atomic E-state index is 0.0118. The van der Waals surface area contributed by atoms with E-state index in [9.17, 15) is 23.1 Å². The van der Waals surface area contributed by atoms with Crippen molar-refractivity contribution in [1.82, 2.24) is 4.98 Å². The topological polar surface area (TPSA) is 79.1 Å². The summed E-state index contributed by atoms with van der Waals surface area (Å²) in [6, 6.07) is 5.84. The molecule has 0 unspecified atom stereocenters. The number of H-pyrrole nitrogens is 1. The van der Waals surface area contributed by atoms with Gasteiger partial charge in [0.15, 0.2) is 0 Å². The van der Waals surface area contributed by atoms with Crippen molar-refractivity contribution in [3.8, 4) is 11.3 Å². The van der Waals surface area contributed by atoms with Crippen molar-refractivity contribution in [2.45, 2.75) is 25.4 Å². The third-order valence-corrected chi connectivity index (χ3v) is 5.33. The summed E-state index contributed by atoms with van der Waals surface area (Å²) in [5.41, 5.74) is 6.06. The Bertz CT molecular complexity index is 1080. The minimum atomic E-state index is -4.55. The fourth-order valence-corrected chi connectivity index (χ4v) is 3.75. The number of carbonyl (C=O) groups is 1. The second-order valence-corrected chi connectivity index (χ2v) is 7.38. The number of aromatic nitrogens is 1. The van der Waals surface area contributed by atoms with Crippen LogP contribution in [-0.4, -0.2) is 22.6 Å². The summed E-state index contributed by atoms with van der Waals surface area (Å²) in [7, 11) is 0. The molecule has 154 valence electrons. The Balaban J connectivity index is 2.33. The molecule has 0 bridgehead atoms. The van der Waals surface area contributed by atoms with Gasteiger partial charge in [-0.25, -0.2) is 4.79 Å². The molecule has 0 spiro atoms. The fourth-order valence-electron chi connectivity index (χ4n) is 3.34. The third-order valence-electron chi connectivity index (χ3n) is 4.68. The number of benzene rings is 2. The smallest absolute Gasteiger partial charge is 0.416 e. The molecule has 0 fully saturated rings. The Hall–Kier alpha value is -2.22. The van der Waals surface area contributed by atoms with Crippen LogP contribution in [0.4, 0.5) is 13.2 Å². The van der Waals surface area contributed by atoms with Gasteiger partial charge >= 0.3 is 12.1 Å². The number of hydrogen-bond donors (Lipinski definition) is 3. The van der Waals surface area contributed by atoms with Crippen LogP contribution in [0, 0.1) is 0 Å². The molecule has 0 aliphatic rings. The maximum Gasteiger partial charge on any atom is 0.416 e. The maximum absolute atomic E-state index is 13.2. The van der Waals surface area contributed by atoms with Crippen LogP contribution in [0.2, 0.25) is 10.0 Å². The first-order valence-corrected chi connectivity index (χ1v) is 9.54. The average Bonchev–Trinajstić information content (AvgIpc) is 3.01. The first-order valence-electron chi connectivity index (χ1n) is 8.78. The highest BCUT2D eigenvalue weighted by Crippen LogP contribution is 2.41. The minimum Gasteiger partial charge on any atom is -0.478 e. The molecule has 4 N–H and O–H groups in total. The number of aromatic amines is 1. The van der Waals surface area contributed by atoms with E-state index in [1.165, 1.54) is 18.2 Å². The van der Waals surface area contributed by atoms with Crippen LogP contribution >= 0.6 is 23.2 Å². The molecular formula is C20H17Cl2F3N2O2. The molecule has 0 atom stereocenters. The summed E-state index contributed by atoms with van der Waals surface area (Å²) in [4.78, 5) is 14.8. The molecule has 2 aromatic carbocycles. The second-order valence-electron chi connectivity index (χ2n) is 6.57. The zero-order chi connectivity index (χ0) is 21.3. The van der Waals surface area contributed by atoms with Crippen LogP contribution < -0.4 is 5.73 Å². The van der Waals surface area contributed by atoms with Gasteiger partial charge in [-0.05, 0) is 61.7 Å². The van der Waals surface area contributed by atoms with E-state index in [2.05, 4.69) is 4.98 Å². The van der Waals surface area contributed by atoms with Crippen molar-refractivity contribution in [2.75, 3.05) is 6.54 Å². The SMILES string of the molecule is NCCCCc1c(-c2cc(C(F)(F)F)ccc2Cl)[nH]c2c(Cl)ccc(C(=O)O)c12. The molecular weight excluding hydrogens is 428 g/mol. The molecule has 1 aromatic heterocycles. The van der Waals surface area contributed by atoms with Crippen molar-refractivity contribution >= 4 is 40.1 Å². The van der Waals surface area contributed by atoms with Crippen LogP contribution in [0.15, 0.2) is 30.3 Å². The van der Waals surface area contributed by atoms with E-state index < -0.39 is 17.7 Å². The highest BCUT2D eigenvalue weighted by molar-refractivity contribution is 6.36. The molecule has 9 heteroatoms. The number of rotatable bonds is 6. The van der Waals surface area contributed by atoms with Crippen molar-refractivity contribution < 1.29 is 23.1 Å². The molecule has 29 heavy (non-hydrogen) atoms. The Morgan fingerprint density at radius 3 is 2.41 bits per heavy atom. The lowest BCUT2D eigenvalue weighted by Crippen LogP contribution is -2.05. The summed E-state index contributed by atoms with van der Waals surface area (Å²) >= 11 is 12.5. The number of unbranched alkanes of at least 4 members (excludes halogenated alkanes) is 1. The van der Waals surface area contributed by atoms with Gasteiger partial charge in [-0.15, -0.1) is 0 Å². The summed E-state index contributed by atoms with van der Waals surface area (Å²) in [6.45, 7) is 0.439. The predicted molar refractivity (Wildman–Crippen MR) is 108 cm³/mol. The number of nitrogens with two attached hydrogens (primary N) is 1. The number of aryl methyl sites for hydroxylation is 1. The van der Waals surface area contributed by atoms with E-state index in [0.29, 0.717) is 48.0 Å². The fraction of sp³-hybridized carbons (Fsp3) is 0.250. The molecule has 0 aliphatic heterocycles. The van der Waals surface area contributed by atoms with E-state index in [1.54, 1.807) is 0 Å². The first-order chi connectivity index (χ1) is 13.6. The van der Waals surface area contributed by atoms with Crippen LogP contribution in [0.5, 0.6) is 0 Å². The van der Waals surface area contributed by atoms with Gasteiger partial charge in [-0.2, -0.15) is 13.2 Å². The number of halogens is 5. The molecule has 1 heterocycles. The Morgan fingerprint density at radius 2 is 1.79 bits per heavy atom. The number of alkyl halides is 3. The standard InChI is InChI=1S/C20H17Cl2F3N2O2/c21-14-6-4-10(20(23,24)25)9-13(14)17-11(3-1-2-8-26)16-12(19(28)29)5-7-15(22)18(16)27-17/h4-7,9,27H,1-3,8,26H2,(H,28,29). The van der Waals surface area contributed by atoms with Gasteiger partial charge < -0.3 is 15.8 Å². The lowest BCUT2D eigenvalue weighted by atomic mass is 9.96. The van der Waals surface area contributed by atoms with Crippen LogP contribution in [0.25, 0.3) is 22.2 Å². The van der Waals surface area contributed by atoms with Gasteiger partial charge in [0, 0.05) is 16.0 Å². The largest absolute Gasteiger partial charge is 0.478 e. The maximum atomic E-state index is 13.2.